The van der Waals surface area contributed by atoms with Crippen LogP contribution in [0.15, 0.2) is 42.7 Å². The molecule has 1 aromatic carbocycles. The Morgan fingerprint density at radius 2 is 1.90 bits per heavy atom. The minimum atomic E-state index is -4.84. The van der Waals surface area contributed by atoms with Gasteiger partial charge in [0.05, 0.1) is 23.1 Å². The molecule has 2 rings (SSSR count). The van der Waals surface area contributed by atoms with E-state index in [2.05, 4.69) is 15.0 Å². The minimum Gasteiger partial charge on any atom is -0.478 e. The number of pyridine rings is 1. The van der Waals surface area contributed by atoms with Gasteiger partial charge in [-0.3, -0.25) is 4.98 Å². The number of carboxylic acid groups (broad SMARTS) is 1. The van der Waals surface area contributed by atoms with Crippen molar-refractivity contribution in [3.05, 3.63) is 48.3 Å². The molecule has 0 radical (unpaired) electrons. The lowest BCUT2D eigenvalue weighted by Crippen LogP contribution is -2.18. The Morgan fingerprint density at radius 3 is 2.57 bits per heavy atom. The van der Waals surface area contributed by atoms with Gasteiger partial charge in [0.15, 0.2) is 5.75 Å². The molecule has 0 aliphatic carbocycles. The van der Waals surface area contributed by atoms with Gasteiger partial charge in [0, 0.05) is 6.20 Å². The van der Waals surface area contributed by atoms with E-state index in [1.807, 2.05) is 0 Å². The van der Waals surface area contributed by atoms with Crippen LogP contribution in [0.2, 0.25) is 0 Å². The van der Waals surface area contributed by atoms with E-state index in [1.54, 1.807) is 0 Å². The highest BCUT2D eigenvalue weighted by atomic mass is 19.4. The Morgan fingerprint density at radius 1 is 1.19 bits per heavy atom. The maximum atomic E-state index is 12.3. The van der Waals surface area contributed by atoms with Gasteiger partial charge in [0.25, 0.3) is 0 Å². The maximum Gasteiger partial charge on any atom is 0.573 e. The van der Waals surface area contributed by atoms with Crippen molar-refractivity contribution in [2.75, 3.05) is 5.32 Å². The summed E-state index contributed by atoms with van der Waals surface area (Å²) in [5.41, 5.74) is -0.0830. The van der Waals surface area contributed by atoms with Crippen molar-refractivity contribution in [3.63, 3.8) is 0 Å². The molecule has 110 valence electrons. The van der Waals surface area contributed by atoms with Crippen molar-refractivity contribution in [1.82, 2.24) is 4.98 Å². The standard InChI is InChI=1S/C13H9F3N2O3/c14-13(15,16)21-11-4-2-1-3-9(11)18-10-7-17-6-5-8(10)12(19)20/h1-7,18H,(H,19,20). The van der Waals surface area contributed by atoms with Crippen molar-refractivity contribution in [2.24, 2.45) is 0 Å². The second-order valence-electron chi connectivity index (χ2n) is 3.90. The highest BCUT2D eigenvalue weighted by Gasteiger charge is 2.32. The van der Waals surface area contributed by atoms with Crippen LogP contribution in [0.1, 0.15) is 10.4 Å². The van der Waals surface area contributed by atoms with E-state index < -0.39 is 18.1 Å². The van der Waals surface area contributed by atoms with Crippen LogP contribution < -0.4 is 10.1 Å². The van der Waals surface area contributed by atoms with Gasteiger partial charge in [-0.05, 0) is 18.2 Å². The number of benzene rings is 1. The molecule has 1 heterocycles. The summed E-state index contributed by atoms with van der Waals surface area (Å²) >= 11 is 0. The van der Waals surface area contributed by atoms with E-state index in [9.17, 15) is 18.0 Å². The molecular weight excluding hydrogens is 289 g/mol. The predicted molar refractivity (Wildman–Crippen MR) is 67.6 cm³/mol. The average Bonchev–Trinajstić information content (AvgIpc) is 2.40. The summed E-state index contributed by atoms with van der Waals surface area (Å²) in [7, 11) is 0. The van der Waals surface area contributed by atoms with E-state index in [1.165, 1.54) is 36.7 Å². The van der Waals surface area contributed by atoms with Crippen LogP contribution in [0.25, 0.3) is 0 Å². The van der Waals surface area contributed by atoms with Crippen molar-refractivity contribution >= 4 is 17.3 Å². The molecule has 0 amide bonds. The molecule has 2 aromatic rings. The molecule has 0 atom stereocenters. The van der Waals surface area contributed by atoms with Gasteiger partial charge in [-0.2, -0.15) is 0 Å². The maximum absolute atomic E-state index is 12.3. The van der Waals surface area contributed by atoms with Crippen LogP contribution >= 0.6 is 0 Å². The summed E-state index contributed by atoms with van der Waals surface area (Å²) in [6.45, 7) is 0. The number of halogens is 3. The molecule has 1 aromatic heterocycles. The third-order valence-electron chi connectivity index (χ3n) is 2.43. The number of nitrogens with zero attached hydrogens (tertiary/aromatic N) is 1. The molecule has 0 unspecified atom stereocenters. The van der Waals surface area contributed by atoms with E-state index in [4.69, 9.17) is 5.11 Å². The Bertz CT molecular complexity index is 659. The molecule has 21 heavy (non-hydrogen) atoms. The van der Waals surface area contributed by atoms with Gasteiger partial charge in [0.2, 0.25) is 0 Å². The fourth-order valence-electron chi connectivity index (χ4n) is 1.61. The Balaban J connectivity index is 2.35. The Labute approximate surface area is 117 Å². The molecule has 0 aliphatic rings. The van der Waals surface area contributed by atoms with Crippen molar-refractivity contribution in [1.29, 1.82) is 0 Å². The van der Waals surface area contributed by atoms with Crippen molar-refractivity contribution in [2.45, 2.75) is 6.36 Å². The van der Waals surface area contributed by atoms with Gasteiger partial charge < -0.3 is 15.2 Å². The lowest BCUT2D eigenvalue weighted by molar-refractivity contribution is -0.274. The average molecular weight is 298 g/mol. The smallest absolute Gasteiger partial charge is 0.478 e. The first-order chi connectivity index (χ1) is 9.87. The van der Waals surface area contributed by atoms with Gasteiger partial charge in [-0.1, -0.05) is 12.1 Å². The Kier molecular flexibility index (Phi) is 3.97. The number of aromatic carboxylic acids is 1. The van der Waals surface area contributed by atoms with Crippen LogP contribution in [0.3, 0.4) is 0 Å². The molecule has 2 N–H and O–H groups in total. The fraction of sp³-hybridized carbons (Fsp3) is 0.0769. The van der Waals surface area contributed by atoms with Crippen LogP contribution in [0, 0.1) is 0 Å². The van der Waals surface area contributed by atoms with Gasteiger partial charge in [0.1, 0.15) is 0 Å². The number of carboxylic acids is 1. The zero-order valence-electron chi connectivity index (χ0n) is 10.4. The summed E-state index contributed by atoms with van der Waals surface area (Å²) in [5.74, 6) is -1.70. The molecule has 0 saturated carbocycles. The summed E-state index contributed by atoms with van der Waals surface area (Å²) in [5, 5.41) is 11.6. The molecule has 5 nitrogen and oxygen atoms in total. The number of para-hydroxylation sites is 2. The highest BCUT2D eigenvalue weighted by Crippen LogP contribution is 2.32. The topological polar surface area (TPSA) is 71.5 Å². The molecule has 8 heteroatoms. The number of hydrogen-bond donors (Lipinski definition) is 2. The van der Waals surface area contributed by atoms with Gasteiger partial charge >= 0.3 is 12.3 Å². The lowest BCUT2D eigenvalue weighted by Gasteiger charge is -2.15. The van der Waals surface area contributed by atoms with Crippen molar-refractivity contribution in [3.8, 4) is 5.75 Å². The monoisotopic (exact) mass is 298 g/mol. The summed E-state index contributed by atoms with van der Waals surface area (Å²) in [6, 6.07) is 6.54. The first-order valence-electron chi connectivity index (χ1n) is 5.66. The largest absolute Gasteiger partial charge is 0.573 e. The lowest BCUT2D eigenvalue weighted by atomic mass is 10.2. The third kappa shape index (κ3) is 3.85. The number of carbonyl (C=O) groups is 1. The molecule has 0 spiro atoms. The third-order valence-corrected chi connectivity index (χ3v) is 2.43. The molecular formula is C13H9F3N2O3. The number of aromatic nitrogens is 1. The number of alkyl halides is 3. The van der Waals surface area contributed by atoms with Crippen LogP contribution in [0.5, 0.6) is 5.75 Å². The zero-order chi connectivity index (χ0) is 15.5. The van der Waals surface area contributed by atoms with E-state index >= 15 is 0 Å². The first kappa shape index (κ1) is 14.6. The molecule has 0 saturated heterocycles. The normalized spacial score (nSPS) is 11.0. The highest BCUT2D eigenvalue weighted by molar-refractivity contribution is 5.95. The number of hydrogen-bond acceptors (Lipinski definition) is 4. The van der Waals surface area contributed by atoms with Gasteiger partial charge in [-0.25, -0.2) is 4.79 Å². The van der Waals surface area contributed by atoms with Crippen LogP contribution in [-0.4, -0.2) is 22.4 Å². The van der Waals surface area contributed by atoms with Crippen molar-refractivity contribution < 1.29 is 27.8 Å². The molecule has 0 fully saturated rings. The summed E-state index contributed by atoms with van der Waals surface area (Å²) in [4.78, 5) is 14.8. The second-order valence-corrected chi connectivity index (χ2v) is 3.90. The number of ether oxygens (including phenoxy) is 1. The minimum absolute atomic E-state index is 0.0228. The second kappa shape index (κ2) is 5.70. The molecule has 0 aliphatic heterocycles. The first-order valence-corrected chi connectivity index (χ1v) is 5.66. The predicted octanol–water partition coefficient (Wildman–Crippen LogP) is 3.42. The zero-order valence-corrected chi connectivity index (χ0v) is 10.4. The Hall–Kier alpha value is -2.77. The van der Waals surface area contributed by atoms with Crippen LogP contribution in [-0.2, 0) is 0 Å². The molecule has 0 bridgehead atoms. The van der Waals surface area contributed by atoms with E-state index in [-0.39, 0.29) is 16.9 Å². The number of nitrogens with one attached hydrogen (secondary N) is 1. The van der Waals surface area contributed by atoms with E-state index in [0.717, 1.165) is 6.07 Å². The number of rotatable bonds is 4. The van der Waals surface area contributed by atoms with Crippen LogP contribution in [0.4, 0.5) is 24.5 Å². The summed E-state index contributed by atoms with van der Waals surface area (Å²) in [6.07, 6.45) is -2.37. The number of anilines is 2. The van der Waals surface area contributed by atoms with E-state index in [0.29, 0.717) is 0 Å². The quantitative estimate of drug-likeness (QED) is 0.905. The SMILES string of the molecule is O=C(O)c1ccncc1Nc1ccccc1OC(F)(F)F. The summed E-state index contributed by atoms with van der Waals surface area (Å²) < 4.78 is 40.8. The van der Waals surface area contributed by atoms with Gasteiger partial charge in [-0.15, -0.1) is 13.2 Å². The fourth-order valence-corrected chi connectivity index (χ4v) is 1.61.